The number of ether oxygens (including phenoxy) is 1. The SMILES string of the molecule is c1cnn(Cc2ccc(CCCN3CCOCC3)cc2)c1. The summed E-state index contributed by atoms with van der Waals surface area (Å²) in [5, 5.41) is 4.24. The standard InChI is InChI=1S/C17H23N3O/c1(9-19-11-13-21-14-12-19)3-16-4-6-17(7-5-16)15-20-10-2-8-18-20/h2,4-8,10H,1,3,9,11-15H2. The van der Waals surface area contributed by atoms with Gasteiger partial charge in [0.25, 0.3) is 0 Å². The first-order chi connectivity index (χ1) is 10.4. The third kappa shape index (κ3) is 4.41. The average molecular weight is 285 g/mol. The minimum Gasteiger partial charge on any atom is -0.379 e. The number of benzene rings is 1. The number of hydrogen-bond acceptors (Lipinski definition) is 3. The third-order valence-corrected chi connectivity index (χ3v) is 3.97. The molecule has 0 unspecified atom stereocenters. The predicted molar refractivity (Wildman–Crippen MR) is 83.4 cm³/mol. The normalized spacial score (nSPS) is 16.2. The molecule has 4 heteroatoms. The van der Waals surface area contributed by atoms with Crippen molar-refractivity contribution in [2.75, 3.05) is 32.8 Å². The molecule has 0 N–H and O–H groups in total. The van der Waals surface area contributed by atoms with E-state index in [4.69, 9.17) is 4.74 Å². The average Bonchev–Trinajstić information content (AvgIpc) is 3.03. The molecule has 0 saturated carbocycles. The van der Waals surface area contributed by atoms with Gasteiger partial charge in [-0.2, -0.15) is 5.10 Å². The van der Waals surface area contributed by atoms with E-state index in [-0.39, 0.29) is 0 Å². The first-order valence-electron chi connectivity index (χ1n) is 7.75. The quantitative estimate of drug-likeness (QED) is 0.815. The van der Waals surface area contributed by atoms with Gasteiger partial charge in [0.1, 0.15) is 0 Å². The van der Waals surface area contributed by atoms with Gasteiger partial charge in [0.2, 0.25) is 0 Å². The van der Waals surface area contributed by atoms with Gasteiger partial charge in [-0.3, -0.25) is 9.58 Å². The van der Waals surface area contributed by atoms with Crippen LogP contribution in [0, 0.1) is 0 Å². The van der Waals surface area contributed by atoms with E-state index in [2.05, 4.69) is 34.3 Å². The molecular formula is C17H23N3O. The fraction of sp³-hybridized carbons (Fsp3) is 0.471. The Bertz CT molecular complexity index is 515. The van der Waals surface area contributed by atoms with Crippen molar-refractivity contribution in [3.8, 4) is 0 Å². The number of aromatic nitrogens is 2. The Morgan fingerprint density at radius 1 is 1.05 bits per heavy atom. The van der Waals surface area contributed by atoms with Crippen LogP contribution in [0.3, 0.4) is 0 Å². The van der Waals surface area contributed by atoms with E-state index >= 15 is 0 Å². The van der Waals surface area contributed by atoms with Gasteiger partial charge in [-0.15, -0.1) is 0 Å². The van der Waals surface area contributed by atoms with Crippen LogP contribution in [0.5, 0.6) is 0 Å². The number of morpholine rings is 1. The highest BCUT2D eigenvalue weighted by atomic mass is 16.5. The van der Waals surface area contributed by atoms with Gasteiger partial charge in [0.05, 0.1) is 19.8 Å². The lowest BCUT2D eigenvalue weighted by molar-refractivity contribution is 0.0375. The summed E-state index contributed by atoms with van der Waals surface area (Å²) in [4.78, 5) is 2.50. The number of rotatable bonds is 6. The van der Waals surface area contributed by atoms with Crippen LogP contribution in [-0.4, -0.2) is 47.5 Å². The van der Waals surface area contributed by atoms with Crippen LogP contribution in [0.15, 0.2) is 42.7 Å². The molecule has 1 fully saturated rings. The summed E-state index contributed by atoms with van der Waals surface area (Å²) < 4.78 is 7.32. The molecule has 1 aromatic heterocycles. The number of hydrogen-bond donors (Lipinski definition) is 0. The van der Waals surface area contributed by atoms with Crippen molar-refractivity contribution in [3.63, 3.8) is 0 Å². The lowest BCUT2D eigenvalue weighted by Gasteiger charge is -2.26. The van der Waals surface area contributed by atoms with Crippen LogP contribution >= 0.6 is 0 Å². The summed E-state index contributed by atoms with van der Waals surface area (Å²) in [6.07, 6.45) is 6.19. The van der Waals surface area contributed by atoms with E-state index in [1.165, 1.54) is 24.1 Å². The molecule has 0 amide bonds. The summed E-state index contributed by atoms with van der Waals surface area (Å²) in [5.41, 5.74) is 2.73. The summed E-state index contributed by atoms with van der Waals surface area (Å²) in [6, 6.07) is 10.9. The van der Waals surface area contributed by atoms with Gasteiger partial charge in [0, 0.05) is 25.5 Å². The van der Waals surface area contributed by atoms with Crippen molar-refractivity contribution in [1.29, 1.82) is 0 Å². The molecule has 0 atom stereocenters. The molecule has 0 aliphatic carbocycles. The van der Waals surface area contributed by atoms with Crippen molar-refractivity contribution in [1.82, 2.24) is 14.7 Å². The zero-order valence-corrected chi connectivity index (χ0v) is 12.4. The fourth-order valence-corrected chi connectivity index (χ4v) is 2.72. The lowest BCUT2D eigenvalue weighted by atomic mass is 10.1. The molecule has 4 nitrogen and oxygen atoms in total. The molecule has 1 aromatic carbocycles. The largest absolute Gasteiger partial charge is 0.379 e. The maximum atomic E-state index is 5.37. The summed E-state index contributed by atoms with van der Waals surface area (Å²) in [5.74, 6) is 0. The molecule has 2 heterocycles. The topological polar surface area (TPSA) is 30.3 Å². The van der Waals surface area contributed by atoms with Gasteiger partial charge in [-0.1, -0.05) is 24.3 Å². The highest BCUT2D eigenvalue weighted by Gasteiger charge is 2.09. The lowest BCUT2D eigenvalue weighted by Crippen LogP contribution is -2.36. The van der Waals surface area contributed by atoms with E-state index in [0.717, 1.165) is 39.3 Å². The second kappa shape index (κ2) is 7.38. The van der Waals surface area contributed by atoms with Gasteiger partial charge < -0.3 is 4.74 Å². The maximum Gasteiger partial charge on any atom is 0.0659 e. The van der Waals surface area contributed by atoms with Gasteiger partial charge in [0.15, 0.2) is 0 Å². The molecule has 0 spiro atoms. The van der Waals surface area contributed by atoms with Crippen LogP contribution < -0.4 is 0 Å². The third-order valence-electron chi connectivity index (χ3n) is 3.97. The Kier molecular flexibility index (Phi) is 5.03. The molecule has 112 valence electrons. The Morgan fingerprint density at radius 3 is 2.52 bits per heavy atom. The van der Waals surface area contributed by atoms with Crippen molar-refractivity contribution in [2.24, 2.45) is 0 Å². The van der Waals surface area contributed by atoms with Gasteiger partial charge in [-0.25, -0.2) is 0 Å². The first-order valence-corrected chi connectivity index (χ1v) is 7.75. The second-order valence-corrected chi connectivity index (χ2v) is 5.58. The fourth-order valence-electron chi connectivity index (χ4n) is 2.72. The minimum absolute atomic E-state index is 0.848. The van der Waals surface area contributed by atoms with Crippen LogP contribution in [0.1, 0.15) is 17.5 Å². The summed E-state index contributed by atoms with van der Waals surface area (Å²) in [7, 11) is 0. The monoisotopic (exact) mass is 285 g/mol. The molecule has 1 aliphatic rings. The van der Waals surface area contributed by atoms with Crippen molar-refractivity contribution in [3.05, 3.63) is 53.9 Å². The van der Waals surface area contributed by atoms with E-state index in [0.29, 0.717) is 0 Å². The Hall–Kier alpha value is -1.65. The second-order valence-electron chi connectivity index (χ2n) is 5.58. The molecule has 3 rings (SSSR count). The van der Waals surface area contributed by atoms with E-state index in [9.17, 15) is 0 Å². The van der Waals surface area contributed by atoms with E-state index in [1.54, 1.807) is 0 Å². The van der Waals surface area contributed by atoms with Crippen LogP contribution in [-0.2, 0) is 17.7 Å². The molecule has 1 saturated heterocycles. The zero-order chi connectivity index (χ0) is 14.3. The van der Waals surface area contributed by atoms with E-state index in [1.807, 2.05) is 23.1 Å². The molecule has 0 bridgehead atoms. The Labute approximate surface area is 126 Å². The van der Waals surface area contributed by atoms with Gasteiger partial charge >= 0.3 is 0 Å². The highest BCUT2D eigenvalue weighted by Crippen LogP contribution is 2.09. The summed E-state index contributed by atoms with van der Waals surface area (Å²) in [6.45, 7) is 5.98. The van der Waals surface area contributed by atoms with Crippen molar-refractivity contribution in [2.45, 2.75) is 19.4 Å². The van der Waals surface area contributed by atoms with Crippen LogP contribution in [0.4, 0.5) is 0 Å². The molecule has 1 aliphatic heterocycles. The van der Waals surface area contributed by atoms with Gasteiger partial charge in [-0.05, 0) is 36.6 Å². The van der Waals surface area contributed by atoms with Crippen molar-refractivity contribution >= 4 is 0 Å². The van der Waals surface area contributed by atoms with E-state index < -0.39 is 0 Å². The van der Waals surface area contributed by atoms with Crippen LogP contribution in [0.25, 0.3) is 0 Å². The number of aryl methyl sites for hydroxylation is 1. The summed E-state index contributed by atoms with van der Waals surface area (Å²) >= 11 is 0. The predicted octanol–water partition coefficient (Wildman–Crippen LogP) is 2.20. The molecular weight excluding hydrogens is 262 g/mol. The Balaban J connectivity index is 1.43. The molecule has 0 radical (unpaired) electrons. The number of nitrogens with zero attached hydrogens (tertiary/aromatic N) is 3. The highest BCUT2D eigenvalue weighted by molar-refractivity contribution is 5.22. The van der Waals surface area contributed by atoms with Crippen LogP contribution in [0.2, 0.25) is 0 Å². The Morgan fingerprint density at radius 2 is 1.81 bits per heavy atom. The zero-order valence-electron chi connectivity index (χ0n) is 12.4. The van der Waals surface area contributed by atoms with Crippen molar-refractivity contribution < 1.29 is 4.74 Å². The molecule has 21 heavy (non-hydrogen) atoms. The minimum atomic E-state index is 0.848. The maximum absolute atomic E-state index is 5.37. The smallest absolute Gasteiger partial charge is 0.0659 e. The first kappa shape index (κ1) is 14.3. The molecule has 2 aromatic rings.